The second kappa shape index (κ2) is 6.24. The van der Waals surface area contributed by atoms with E-state index in [4.69, 9.17) is 0 Å². The molecule has 1 fully saturated rings. The maximum atomic E-state index is 11.7. The van der Waals surface area contributed by atoms with Crippen LogP contribution >= 0.6 is 0 Å². The molecule has 1 saturated carbocycles. The van der Waals surface area contributed by atoms with Crippen molar-refractivity contribution in [2.24, 2.45) is 11.8 Å². The smallest absolute Gasteiger partial charge is 0.237 e. The van der Waals surface area contributed by atoms with Gasteiger partial charge in [-0.3, -0.25) is 4.79 Å². The first-order valence-electron chi connectivity index (χ1n) is 6.58. The number of hydrogen-bond donors (Lipinski definition) is 2. The van der Waals surface area contributed by atoms with Crippen molar-refractivity contribution in [3.05, 3.63) is 0 Å². The number of nitrogens with one attached hydrogen (secondary N) is 2. The third kappa shape index (κ3) is 4.52. The SMILES string of the molecule is CCC(C)NC(=O)C(C)NCC(C)C1CC1. The van der Waals surface area contributed by atoms with Gasteiger partial charge in [-0.1, -0.05) is 13.8 Å². The minimum atomic E-state index is -0.0739. The van der Waals surface area contributed by atoms with Crippen LogP contribution in [0.15, 0.2) is 0 Å². The van der Waals surface area contributed by atoms with Crippen LogP contribution in [0.4, 0.5) is 0 Å². The lowest BCUT2D eigenvalue weighted by Gasteiger charge is -2.19. The molecule has 0 heterocycles. The van der Waals surface area contributed by atoms with E-state index in [1.807, 2.05) is 13.8 Å². The zero-order valence-electron chi connectivity index (χ0n) is 11.0. The molecule has 0 aromatic heterocycles. The predicted octanol–water partition coefficient (Wildman–Crippen LogP) is 1.93. The van der Waals surface area contributed by atoms with E-state index in [9.17, 15) is 4.79 Å². The standard InChI is InChI=1S/C13H26N2O/c1-5-10(3)15-13(16)11(4)14-8-9(2)12-6-7-12/h9-12,14H,5-8H2,1-4H3,(H,15,16). The molecule has 94 valence electrons. The van der Waals surface area contributed by atoms with Gasteiger partial charge in [-0.15, -0.1) is 0 Å². The largest absolute Gasteiger partial charge is 0.352 e. The summed E-state index contributed by atoms with van der Waals surface area (Å²) in [6.07, 6.45) is 3.73. The lowest BCUT2D eigenvalue weighted by atomic mass is 10.1. The van der Waals surface area contributed by atoms with Crippen molar-refractivity contribution < 1.29 is 4.79 Å². The van der Waals surface area contributed by atoms with Gasteiger partial charge in [-0.25, -0.2) is 0 Å². The summed E-state index contributed by atoms with van der Waals surface area (Å²) in [5.41, 5.74) is 0. The molecule has 0 aromatic rings. The Bertz CT molecular complexity index is 226. The van der Waals surface area contributed by atoms with Gasteiger partial charge in [-0.2, -0.15) is 0 Å². The summed E-state index contributed by atoms with van der Waals surface area (Å²) >= 11 is 0. The van der Waals surface area contributed by atoms with E-state index in [0.29, 0.717) is 5.92 Å². The van der Waals surface area contributed by atoms with Crippen molar-refractivity contribution in [1.29, 1.82) is 0 Å². The first-order valence-corrected chi connectivity index (χ1v) is 6.58. The van der Waals surface area contributed by atoms with E-state index < -0.39 is 0 Å². The van der Waals surface area contributed by atoms with E-state index in [1.54, 1.807) is 0 Å². The molecule has 0 aliphatic heterocycles. The maximum absolute atomic E-state index is 11.7. The van der Waals surface area contributed by atoms with Crippen LogP contribution in [0.25, 0.3) is 0 Å². The minimum Gasteiger partial charge on any atom is -0.352 e. The van der Waals surface area contributed by atoms with Crippen LogP contribution in [0, 0.1) is 11.8 Å². The fourth-order valence-corrected chi connectivity index (χ4v) is 1.76. The zero-order chi connectivity index (χ0) is 12.1. The molecule has 0 bridgehead atoms. The zero-order valence-corrected chi connectivity index (χ0v) is 11.0. The van der Waals surface area contributed by atoms with Crippen LogP contribution in [0.5, 0.6) is 0 Å². The molecular weight excluding hydrogens is 200 g/mol. The van der Waals surface area contributed by atoms with Gasteiger partial charge in [0.2, 0.25) is 5.91 Å². The van der Waals surface area contributed by atoms with Crippen LogP contribution in [0.1, 0.15) is 47.0 Å². The highest BCUT2D eigenvalue weighted by atomic mass is 16.2. The summed E-state index contributed by atoms with van der Waals surface area (Å²) in [7, 11) is 0. The van der Waals surface area contributed by atoms with Gasteiger partial charge in [0.1, 0.15) is 0 Å². The molecule has 0 aromatic carbocycles. The average Bonchev–Trinajstić information content (AvgIpc) is 3.08. The highest BCUT2D eigenvalue weighted by Crippen LogP contribution is 2.36. The third-order valence-electron chi connectivity index (χ3n) is 3.57. The summed E-state index contributed by atoms with van der Waals surface area (Å²) < 4.78 is 0. The van der Waals surface area contributed by atoms with Crippen LogP contribution in [-0.2, 0) is 4.79 Å². The molecule has 3 atom stereocenters. The Morgan fingerprint density at radius 3 is 2.44 bits per heavy atom. The van der Waals surface area contributed by atoms with E-state index in [0.717, 1.165) is 18.9 Å². The molecule has 0 saturated heterocycles. The molecule has 1 aliphatic rings. The molecule has 3 heteroatoms. The van der Waals surface area contributed by atoms with Crippen molar-refractivity contribution in [3.63, 3.8) is 0 Å². The second-order valence-corrected chi connectivity index (χ2v) is 5.26. The molecule has 1 amide bonds. The predicted molar refractivity (Wildman–Crippen MR) is 67.2 cm³/mol. The van der Waals surface area contributed by atoms with Crippen molar-refractivity contribution in [2.45, 2.75) is 59.0 Å². The second-order valence-electron chi connectivity index (χ2n) is 5.26. The molecule has 1 rings (SSSR count). The van der Waals surface area contributed by atoms with Crippen molar-refractivity contribution in [2.75, 3.05) is 6.54 Å². The maximum Gasteiger partial charge on any atom is 0.237 e. The molecule has 2 N–H and O–H groups in total. The van der Waals surface area contributed by atoms with Crippen LogP contribution in [-0.4, -0.2) is 24.5 Å². The van der Waals surface area contributed by atoms with Gasteiger partial charge in [0.05, 0.1) is 6.04 Å². The van der Waals surface area contributed by atoms with Gasteiger partial charge in [0.25, 0.3) is 0 Å². The number of carbonyl (C=O) groups is 1. The van der Waals surface area contributed by atoms with Gasteiger partial charge in [-0.05, 0) is 51.5 Å². The van der Waals surface area contributed by atoms with E-state index in [1.165, 1.54) is 12.8 Å². The third-order valence-corrected chi connectivity index (χ3v) is 3.57. The summed E-state index contributed by atoms with van der Waals surface area (Å²) in [6, 6.07) is 0.202. The molecule has 3 nitrogen and oxygen atoms in total. The molecule has 0 radical (unpaired) electrons. The summed E-state index contributed by atoms with van der Waals surface area (Å²) in [4.78, 5) is 11.7. The Hall–Kier alpha value is -0.570. The van der Waals surface area contributed by atoms with Gasteiger partial charge >= 0.3 is 0 Å². The number of rotatable bonds is 7. The van der Waals surface area contributed by atoms with Crippen LogP contribution < -0.4 is 10.6 Å². The topological polar surface area (TPSA) is 41.1 Å². The molecule has 1 aliphatic carbocycles. The van der Waals surface area contributed by atoms with E-state index >= 15 is 0 Å². The van der Waals surface area contributed by atoms with E-state index in [-0.39, 0.29) is 18.0 Å². The highest BCUT2D eigenvalue weighted by molar-refractivity contribution is 5.81. The van der Waals surface area contributed by atoms with Crippen LogP contribution in [0.3, 0.4) is 0 Å². The Morgan fingerprint density at radius 1 is 1.31 bits per heavy atom. The Kier molecular flexibility index (Phi) is 5.26. The number of carbonyl (C=O) groups excluding carboxylic acids is 1. The van der Waals surface area contributed by atoms with Crippen molar-refractivity contribution in [3.8, 4) is 0 Å². The summed E-state index contributed by atoms with van der Waals surface area (Å²) in [5.74, 6) is 1.73. The lowest BCUT2D eigenvalue weighted by Crippen LogP contribution is -2.46. The normalized spacial score (nSPS) is 21.2. The first-order chi connectivity index (χ1) is 7.54. The van der Waals surface area contributed by atoms with E-state index in [2.05, 4.69) is 24.5 Å². The van der Waals surface area contributed by atoms with Gasteiger partial charge in [0, 0.05) is 6.04 Å². The fraction of sp³-hybridized carbons (Fsp3) is 0.923. The molecule has 16 heavy (non-hydrogen) atoms. The quantitative estimate of drug-likeness (QED) is 0.696. The van der Waals surface area contributed by atoms with Gasteiger partial charge in [0.15, 0.2) is 0 Å². The number of amides is 1. The Morgan fingerprint density at radius 2 is 1.94 bits per heavy atom. The number of hydrogen-bond acceptors (Lipinski definition) is 2. The lowest BCUT2D eigenvalue weighted by molar-refractivity contribution is -0.123. The van der Waals surface area contributed by atoms with Crippen molar-refractivity contribution in [1.82, 2.24) is 10.6 Å². The van der Waals surface area contributed by atoms with Crippen LogP contribution in [0.2, 0.25) is 0 Å². The Labute approximate surface area is 99.4 Å². The summed E-state index contributed by atoms with van der Waals surface area (Å²) in [6.45, 7) is 9.29. The fourth-order valence-electron chi connectivity index (χ4n) is 1.76. The minimum absolute atomic E-state index is 0.0739. The Balaban J connectivity index is 2.17. The monoisotopic (exact) mass is 226 g/mol. The average molecular weight is 226 g/mol. The van der Waals surface area contributed by atoms with Crippen molar-refractivity contribution >= 4 is 5.91 Å². The molecular formula is C13H26N2O. The molecule has 0 spiro atoms. The summed E-state index contributed by atoms with van der Waals surface area (Å²) in [5, 5.41) is 6.32. The molecule has 3 unspecified atom stereocenters. The van der Waals surface area contributed by atoms with Gasteiger partial charge < -0.3 is 10.6 Å². The first kappa shape index (κ1) is 13.5. The highest BCUT2D eigenvalue weighted by Gasteiger charge is 2.28.